The van der Waals surface area contributed by atoms with Crippen LogP contribution in [0.25, 0.3) is 11.3 Å². The zero-order valence-corrected chi connectivity index (χ0v) is 20.2. The van der Waals surface area contributed by atoms with Crippen molar-refractivity contribution in [3.8, 4) is 0 Å². The Balaban J connectivity index is 1.78. The van der Waals surface area contributed by atoms with Gasteiger partial charge in [0.2, 0.25) is 0 Å². The second-order valence-electron chi connectivity index (χ2n) is 7.57. The Morgan fingerprint density at radius 3 is 2.34 bits per heavy atom. The van der Waals surface area contributed by atoms with Crippen LogP contribution in [0.1, 0.15) is 39.7 Å². The largest absolute Gasteiger partial charge is 0.501 e. The van der Waals surface area contributed by atoms with Crippen molar-refractivity contribution in [1.29, 1.82) is 0 Å². The summed E-state index contributed by atoms with van der Waals surface area (Å²) >= 11 is 3.44. The molecule has 4 nitrogen and oxygen atoms in total. The highest BCUT2D eigenvalue weighted by atomic mass is 79.9. The van der Waals surface area contributed by atoms with Crippen LogP contribution < -0.4 is 5.32 Å². The van der Waals surface area contributed by atoms with Gasteiger partial charge in [0, 0.05) is 22.8 Å². The number of halogens is 1. The molecule has 0 aliphatic rings. The van der Waals surface area contributed by atoms with Crippen LogP contribution in [0.4, 0.5) is 0 Å². The van der Waals surface area contributed by atoms with E-state index in [1.54, 1.807) is 26.3 Å². The number of hydrogen-bond acceptors (Lipinski definition) is 3. The molecule has 0 radical (unpaired) electrons. The van der Waals surface area contributed by atoms with Gasteiger partial charge < -0.3 is 15.0 Å². The molecule has 0 aliphatic heterocycles. The monoisotopic (exact) mass is 490 g/mol. The lowest BCUT2D eigenvalue weighted by molar-refractivity contribution is 0.103. The number of aromatic nitrogens is 1. The van der Waals surface area contributed by atoms with Gasteiger partial charge in [0.05, 0.1) is 24.1 Å². The molecule has 0 bridgehead atoms. The van der Waals surface area contributed by atoms with Crippen LogP contribution in [0.5, 0.6) is 0 Å². The van der Waals surface area contributed by atoms with E-state index in [9.17, 15) is 4.79 Å². The summed E-state index contributed by atoms with van der Waals surface area (Å²) in [5.41, 5.74) is 6.27. The third-order valence-electron chi connectivity index (χ3n) is 5.28. The van der Waals surface area contributed by atoms with Gasteiger partial charge in [-0.3, -0.25) is 4.79 Å². The van der Waals surface area contributed by atoms with E-state index in [1.165, 1.54) is 5.56 Å². The van der Waals surface area contributed by atoms with Gasteiger partial charge in [-0.2, -0.15) is 0 Å². The van der Waals surface area contributed by atoms with Crippen molar-refractivity contribution in [2.45, 2.75) is 20.4 Å². The number of aromatic amines is 1. The summed E-state index contributed by atoms with van der Waals surface area (Å²) in [6.45, 7) is 12.8. The van der Waals surface area contributed by atoms with Crippen molar-refractivity contribution in [3.63, 3.8) is 0 Å². The lowest BCUT2D eigenvalue weighted by atomic mass is 9.93. The number of carbonyl (C=O) groups is 1. The van der Waals surface area contributed by atoms with Crippen LogP contribution >= 0.6 is 15.9 Å². The van der Waals surface area contributed by atoms with E-state index in [2.05, 4.69) is 70.6 Å². The van der Waals surface area contributed by atoms with E-state index in [1.807, 2.05) is 24.3 Å². The summed E-state index contributed by atoms with van der Waals surface area (Å²) in [4.78, 5) is 16.5. The lowest BCUT2D eigenvalue weighted by Crippen LogP contribution is -2.11. The van der Waals surface area contributed by atoms with Crippen molar-refractivity contribution < 1.29 is 9.53 Å². The zero-order valence-electron chi connectivity index (χ0n) is 18.6. The average molecular weight is 491 g/mol. The quantitative estimate of drug-likeness (QED) is 0.152. The number of Topliss-reactive ketones (excluding diaryl/α,β-unsaturated/α-hetero) is 1. The maximum absolute atomic E-state index is 13.4. The topological polar surface area (TPSA) is 54.1 Å². The molecular weight excluding hydrogens is 464 g/mol. The molecule has 1 heterocycles. The Morgan fingerprint density at radius 1 is 1.06 bits per heavy atom. The van der Waals surface area contributed by atoms with E-state index in [0.717, 1.165) is 21.3 Å². The summed E-state index contributed by atoms with van der Waals surface area (Å²) < 4.78 is 6.38. The predicted octanol–water partition coefficient (Wildman–Crippen LogP) is 6.66. The Hall–Kier alpha value is -3.31. The van der Waals surface area contributed by atoms with Crippen molar-refractivity contribution in [1.82, 2.24) is 10.3 Å². The molecule has 0 fully saturated rings. The van der Waals surface area contributed by atoms with Gasteiger partial charge in [-0.1, -0.05) is 71.0 Å². The smallest absolute Gasteiger partial charge is 0.198 e. The third-order valence-corrected chi connectivity index (χ3v) is 5.81. The molecule has 0 aliphatic carbocycles. The molecule has 3 rings (SSSR count). The fourth-order valence-electron chi connectivity index (χ4n) is 3.26. The molecule has 5 heteroatoms. The van der Waals surface area contributed by atoms with Crippen LogP contribution in [0.2, 0.25) is 0 Å². The Bertz CT molecular complexity index is 1170. The second kappa shape index (κ2) is 10.3. The minimum absolute atomic E-state index is 0.161. The highest BCUT2D eigenvalue weighted by Gasteiger charge is 2.22. The fraction of sp³-hybridized carbons (Fsp3) is 0.148. The highest BCUT2D eigenvalue weighted by Crippen LogP contribution is 2.29. The SMILES string of the molecule is C=C(/C(C(=O)c1c[nH]c(C(=C)NCc2ccc(C)cc2)c1)=C(/C)OC)c1ccc(Br)cc1. The Labute approximate surface area is 197 Å². The molecule has 2 N–H and O–H groups in total. The van der Waals surface area contributed by atoms with Gasteiger partial charge in [-0.05, 0) is 48.7 Å². The first-order chi connectivity index (χ1) is 15.3. The number of aryl methyl sites for hydroxylation is 1. The van der Waals surface area contributed by atoms with Crippen LogP contribution in [-0.2, 0) is 11.3 Å². The summed E-state index contributed by atoms with van der Waals surface area (Å²) in [6, 6.07) is 17.8. The number of methoxy groups -OCH3 is 1. The normalized spacial score (nSPS) is 11.5. The Morgan fingerprint density at radius 2 is 1.72 bits per heavy atom. The minimum Gasteiger partial charge on any atom is -0.501 e. The van der Waals surface area contributed by atoms with Gasteiger partial charge >= 0.3 is 0 Å². The van der Waals surface area contributed by atoms with E-state index >= 15 is 0 Å². The number of H-pyrrole nitrogens is 1. The van der Waals surface area contributed by atoms with Gasteiger partial charge in [-0.25, -0.2) is 0 Å². The maximum Gasteiger partial charge on any atom is 0.198 e. The molecule has 32 heavy (non-hydrogen) atoms. The molecule has 3 aromatic rings. The molecule has 2 aromatic carbocycles. The number of rotatable bonds is 9. The molecule has 0 amide bonds. The second-order valence-corrected chi connectivity index (χ2v) is 8.49. The molecule has 0 unspecified atom stereocenters. The van der Waals surface area contributed by atoms with Gasteiger partial charge in [0.25, 0.3) is 0 Å². The molecule has 0 spiro atoms. The lowest BCUT2D eigenvalue weighted by Gasteiger charge is -2.13. The first-order valence-electron chi connectivity index (χ1n) is 10.2. The van der Waals surface area contributed by atoms with E-state index < -0.39 is 0 Å². The van der Waals surface area contributed by atoms with Crippen LogP contribution in [0.15, 0.2) is 89.8 Å². The summed E-state index contributed by atoms with van der Waals surface area (Å²) in [5, 5.41) is 3.31. The highest BCUT2D eigenvalue weighted by molar-refractivity contribution is 9.10. The maximum atomic E-state index is 13.4. The van der Waals surface area contributed by atoms with Crippen molar-refractivity contribution in [2.24, 2.45) is 0 Å². The van der Waals surface area contributed by atoms with E-state index in [-0.39, 0.29) is 5.78 Å². The van der Waals surface area contributed by atoms with E-state index in [0.29, 0.717) is 34.7 Å². The number of nitrogens with one attached hydrogen (secondary N) is 2. The molecular formula is C27H27BrN2O2. The molecule has 1 aromatic heterocycles. The minimum atomic E-state index is -0.161. The first-order valence-corrected chi connectivity index (χ1v) is 11.0. The third kappa shape index (κ3) is 5.48. The summed E-state index contributed by atoms with van der Waals surface area (Å²) in [6.07, 6.45) is 1.69. The summed E-state index contributed by atoms with van der Waals surface area (Å²) in [5.74, 6) is 0.355. The Kier molecular flexibility index (Phi) is 7.54. The summed E-state index contributed by atoms with van der Waals surface area (Å²) in [7, 11) is 1.55. The zero-order chi connectivity index (χ0) is 23.3. The van der Waals surface area contributed by atoms with Crippen molar-refractivity contribution in [2.75, 3.05) is 7.11 Å². The first kappa shape index (κ1) is 23.4. The van der Waals surface area contributed by atoms with Gasteiger partial charge in [0.1, 0.15) is 5.76 Å². The van der Waals surface area contributed by atoms with E-state index in [4.69, 9.17) is 4.74 Å². The number of allylic oxidation sites excluding steroid dienone is 3. The van der Waals surface area contributed by atoms with Crippen LogP contribution in [0, 0.1) is 6.92 Å². The number of carbonyl (C=O) groups excluding carboxylic acids is 1. The van der Waals surface area contributed by atoms with Crippen molar-refractivity contribution >= 4 is 33.0 Å². The fourth-order valence-corrected chi connectivity index (χ4v) is 3.53. The van der Waals surface area contributed by atoms with Crippen LogP contribution in [0.3, 0.4) is 0 Å². The number of hydrogen-bond donors (Lipinski definition) is 2. The average Bonchev–Trinajstić information content (AvgIpc) is 3.29. The van der Waals surface area contributed by atoms with Gasteiger partial charge in [0.15, 0.2) is 5.78 Å². The predicted molar refractivity (Wildman–Crippen MR) is 135 cm³/mol. The standard InChI is InChI=1S/C27H27BrN2O2/c1-17-6-8-21(9-7-17)15-29-19(3)25-14-23(16-30-25)27(31)26(20(4)32-5)18(2)22-10-12-24(28)13-11-22/h6-14,16,29-30H,2-3,15H2,1,4-5H3/b26-20+. The van der Waals surface area contributed by atoms with Crippen molar-refractivity contribution in [3.05, 3.63) is 118 Å². The van der Waals surface area contributed by atoms with Crippen LogP contribution in [-0.4, -0.2) is 17.9 Å². The number of benzene rings is 2. The molecule has 0 saturated carbocycles. The number of ketones is 1. The number of ether oxygens (including phenoxy) is 1. The molecule has 0 atom stereocenters. The van der Waals surface area contributed by atoms with Gasteiger partial charge in [-0.15, -0.1) is 0 Å². The molecule has 164 valence electrons. The molecule has 0 saturated heterocycles.